The molecule has 2 atom stereocenters. The zero-order valence-electron chi connectivity index (χ0n) is 46.5. The second-order valence-electron chi connectivity index (χ2n) is 20.7. The molecule has 0 rings (SSSR count). The van der Waals surface area contributed by atoms with E-state index in [0.29, 0.717) is 19.4 Å². The van der Waals surface area contributed by atoms with Crippen molar-refractivity contribution in [2.24, 2.45) is 0 Å². The standard InChI is InChI=1S/C64H117NO5/c1-3-5-7-9-11-13-14-15-16-28-32-35-38-42-46-50-54-58-64(69)70-59-55-51-47-43-39-36-33-30-27-25-23-21-19-17-18-20-22-24-26-29-31-34-37-41-45-49-53-57-63(68)65-61(60-66)62(67)56-52-48-44-40-12-10-8-6-4-2/h11,13,15-18,21,23,52,56,61-62,66-67H,3-10,12,14,19-20,22,24-51,53-55,57-60H2,1-2H3,(H,65,68)/b13-11-,16-15-,18-17-,23-21-,56-52+. The Morgan fingerprint density at radius 1 is 0.400 bits per heavy atom. The Morgan fingerprint density at radius 3 is 1.11 bits per heavy atom. The van der Waals surface area contributed by atoms with Gasteiger partial charge in [-0.05, 0) is 96.3 Å². The van der Waals surface area contributed by atoms with Crippen molar-refractivity contribution in [3.05, 3.63) is 60.8 Å². The van der Waals surface area contributed by atoms with Crippen LogP contribution in [0.5, 0.6) is 0 Å². The first-order chi connectivity index (χ1) is 34.5. The van der Waals surface area contributed by atoms with Crippen LogP contribution >= 0.6 is 0 Å². The van der Waals surface area contributed by atoms with E-state index in [4.69, 9.17) is 4.74 Å². The van der Waals surface area contributed by atoms with Gasteiger partial charge in [0.1, 0.15) is 0 Å². The highest BCUT2D eigenvalue weighted by Crippen LogP contribution is 2.16. The zero-order chi connectivity index (χ0) is 50.7. The summed E-state index contributed by atoms with van der Waals surface area (Å²) >= 11 is 0. The van der Waals surface area contributed by atoms with Crippen LogP contribution in [0, 0.1) is 0 Å². The molecule has 0 saturated heterocycles. The fourth-order valence-electron chi connectivity index (χ4n) is 9.05. The number of amides is 1. The Kier molecular flexibility index (Phi) is 57.1. The third-order valence-corrected chi connectivity index (χ3v) is 13.8. The van der Waals surface area contributed by atoms with Gasteiger partial charge in [-0.2, -0.15) is 0 Å². The first kappa shape index (κ1) is 67.6. The zero-order valence-corrected chi connectivity index (χ0v) is 46.5. The number of nitrogens with one attached hydrogen (secondary N) is 1. The predicted octanol–water partition coefficient (Wildman–Crippen LogP) is 19.1. The highest BCUT2D eigenvalue weighted by Gasteiger charge is 2.18. The second kappa shape index (κ2) is 59.1. The number of aliphatic hydroxyl groups is 2. The Labute approximate surface area is 435 Å². The van der Waals surface area contributed by atoms with Crippen molar-refractivity contribution in [3.8, 4) is 0 Å². The van der Waals surface area contributed by atoms with Crippen LogP contribution in [-0.4, -0.2) is 47.4 Å². The van der Waals surface area contributed by atoms with Gasteiger partial charge in [0.05, 0.1) is 25.4 Å². The molecular weight excluding hydrogens is 863 g/mol. The van der Waals surface area contributed by atoms with Crippen LogP contribution in [0.2, 0.25) is 0 Å². The maximum absolute atomic E-state index is 12.4. The monoisotopic (exact) mass is 980 g/mol. The molecule has 2 unspecified atom stereocenters. The number of esters is 1. The average Bonchev–Trinajstić information content (AvgIpc) is 3.36. The molecule has 0 spiro atoms. The van der Waals surface area contributed by atoms with Crippen LogP contribution in [0.3, 0.4) is 0 Å². The van der Waals surface area contributed by atoms with Gasteiger partial charge in [0.15, 0.2) is 0 Å². The first-order valence-electron chi connectivity index (χ1n) is 30.6. The van der Waals surface area contributed by atoms with Crippen LogP contribution in [0.4, 0.5) is 0 Å². The number of ether oxygens (including phenoxy) is 1. The fraction of sp³-hybridized carbons (Fsp3) is 0.812. The molecule has 0 bridgehead atoms. The van der Waals surface area contributed by atoms with E-state index in [1.54, 1.807) is 6.08 Å². The minimum Gasteiger partial charge on any atom is -0.466 e. The largest absolute Gasteiger partial charge is 0.466 e. The van der Waals surface area contributed by atoms with Crippen molar-refractivity contribution in [3.63, 3.8) is 0 Å². The number of allylic oxidation sites excluding steroid dienone is 9. The van der Waals surface area contributed by atoms with Crippen LogP contribution in [0.25, 0.3) is 0 Å². The highest BCUT2D eigenvalue weighted by molar-refractivity contribution is 5.76. The van der Waals surface area contributed by atoms with Crippen LogP contribution in [0.15, 0.2) is 60.8 Å². The number of aliphatic hydroxyl groups excluding tert-OH is 2. The third kappa shape index (κ3) is 54.9. The van der Waals surface area contributed by atoms with Crippen molar-refractivity contribution in [1.82, 2.24) is 5.32 Å². The number of carbonyl (C=O) groups excluding carboxylic acids is 2. The van der Waals surface area contributed by atoms with Crippen molar-refractivity contribution in [1.29, 1.82) is 0 Å². The number of hydrogen-bond donors (Lipinski definition) is 3. The molecule has 6 heteroatoms. The van der Waals surface area contributed by atoms with Gasteiger partial charge in [-0.15, -0.1) is 0 Å². The Morgan fingerprint density at radius 2 is 0.714 bits per heavy atom. The summed E-state index contributed by atoms with van der Waals surface area (Å²) in [5.41, 5.74) is 0. The predicted molar refractivity (Wildman–Crippen MR) is 305 cm³/mol. The van der Waals surface area contributed by atoms with Gasteiger partial charge in [-0.25, -0.2) is 0 Å². The first-order valence-corrected chi connectivity index (χ1v) is 30.6. The molecule has 0 aromatic carbocycles. The molecule has 0 aliphatic carbocycles. The van der Waals surface area contributed by atoms with Gasteiger partial charge in [-0.1, -0.05) is 261 Å². The number of carbonyl (C=O) groups is 2. The molecule has 0 radical (unpaired) electrons. The molecule has 1 amide bonds. The molecule has 0 saturated carbocycles. The molecule has 0 aromatic heterocycles. The van der Waals surface area contributed by atoms with Gasteiger partial charge in [-0.3, -0.25) is 9.59 Å². The summed E-state index contributed by atoms with van der Waals surface area (Å²) < 4.78 is 5.48. The molecule has 0 aliphatic rings. The molecule has 70 heavy (non-hydrogen) atoms. The van der Waals surface area contributed by atoms with E-state index in [0.717, 1.165) is 57.8 Å². The maximum Gasteiger partial charge on any atom is 0.305 e. The fourth-order valence-corrected chi connectivity index (χ4v) is 9.05. The van der Waals surface area contributed by atoms with E-state index in [1.165, 1.54) is 225 Å². The Balaban J connectivity index is 3.41. The summed E-state index contributed by atoms with van der Waals surface area (Å²) in [5.74, 6) is -0.0729. The van der Waals surface area contributed by atoms with E-state index in [-0.39, 0.29) is 18.5 Å². The molecule has 0 heterocycles. The Hall–Kier alpha value is -2.44. The number of rotatable bonds is 56. The van der Waals surface area contributed by atoms with E-state index in [9.17, 15) is 19.8 Å². The molecule has 0 aromatic rings. The van der Waals surface area contributed by atoms with Crippen molar-refractivity contribution in [2.75, 3.05) is 13.2 Å². The van der Waals surface area contributed by atoms with Crippen LogP contribution < -0.4 is 5.32 Å². The lowest BCUT2D eigenvalue weighted by atomic mass is 10.0. The molecular formula is C64H117NO5. The van der Waals surface area contributed by atoms with E-state index in [2.05, 4.69) is 67.8 Å². The Bertz CT molecular complexity index is 1220. The molecule has 6 nitrogen and oxygen atoms in total. The summed E-state index contributed by atoms with van der Waals surface area (Å²) in [6, 6.07) is -0.629. The lowest BCUT2D eigenvalue weighted by Gasteiger charge is -2.20. The van der Waals surface area contributed by atoms with Crippen LogP contribution in [0.1, 0.15) is 309 Å². The maximum atomic E-state index is 12.4. The van der Waals surface area contributed by atoms with Gasteiger partial charge >= 0.3 is 5.97 Å². The van der Waals surface area contributed by atoms with Gasteiger partial charge in [0.25, 0.3) is 0 Å². The van der Waals surface area contributed by atoms with Gasteiger partial charge in [0.2, 0.25) is 5.91 Å². The average molecular weight is 981 g/mol. The smallest absolute Gasteiger partial charge is 0.305 e. The normalized spacial score (nSPS) is 13.0. The summed E-state index contributed by atoms with van der Waals surface area (Å²) in [4.78, 5) is 24.5. The quantitative estimate of drug-likeness (QED) is 0.0321. The minimum atomic E-state index is -0.845. The van der Waals surface area contributed by atoms with Gasteiger partial charge < -0.3 is 20.3 Å². The summed E-state index contributed by atoms with van der Waals surface area (Å²) in [5, 5.41) is 22.9. The SMILES string of the molecule is CCCCC/C=C\C/C=C\CCCCCCCCCC(=O)OCCCCCCCCCCC/C=C\C/C=C\CCCCCCCCCCCCCC(=O)NC(CO)C(O)/C=C/CCCCCCCCC. The highest BCUT2D eigenvalue weighted by atomic mass is 16.5. The van der Waals surface area contributed by atoms with Crippen LogP contribution in [-0.2, 0) is 14.3 Å². The minimum absolute atomic E-state index is 0.00169. The van der Waals surface area contributed by atoms with Crippen molar-refractivity contribution < 1.29 is 24.5 Å². The topological polar surface area (TPSA) is 95.9 Å². The molecule has 3 N–H and O–H groups in total. The van der Waals surface area contributed by atoms with E-state index in [1.807, 2.05) is 6.08 Å². The lowest BCUT2D eigenvalue weighted by Crippen LogP contribution is -2.45. The third-order valence-electron chi connectivity index (χ3n) is 13.8. The molecule has 0 aliphatic heterocycles. The molecule has 408 valence electrons. The summed E-state index contributed by atoms with van der Waals surface area (Å²) in [6.45, 7) is 4.84. The number of unbranched alkanes of at least 4 members (excludes halogenated alkanes) is 37. The van der Waals surface area contributed by atoms with E-state index >= 15 is 0 Å². The lowest BCUT2D eigenvalue weighted by molar-refractivity contribution is -0.143. The van der Waals surface area contributed by atoms with Crippen molar-refractivity contribution >= 4 is 11.9 Å². The van der Waals surface area contributed by atoms with E-state index < -0.39 is 12.1 Å². The van der Waals surface area contributed by atoms with Gasteiger partial charge in [0, 0.05) is 12.8 Å². The summed E-state index contributed by atoms with van der Waals surface area (Å²) in [6.07, 6.45) is 77.0. The molecule has 0 fully saturated rings. The number of hydrogen-bond acceptors (Lipinski definition) is 5. The van der Waals surface area contributed by atoms with Crippen molar-refractivity contribution in [2.45, 2.75) is 321 Å². The second-order valence-corrected chi connectivity index (χ2v) is 20.7. The summed E-state index contributed by atoms with van der Waals surface area (Å²) in [7, 11) is 0.